The third kappa shape index (κ3) is 4.03. The van der Waals surface area contributed by atoms with Gasteiger partial charge in [-0.05, 0) is 50.6 Å². The third-order valence-electron chi connectivity index (χ3n) is 3.58. The number of aryl methyl sites for hydroxylation is 3. The van der Waals surface area contributed by atoms with Crippen LogP contribution in [-0.4, -0.2) is 9.97 Å². The summed E-state index contributed by atoms with van der Waals surface area (Å²) in [6.45, 7) is 6.10. The molecule has 4 nitrogen and oxygen atoms in total. The van der Waals surface area contributed by atoms with Crippen molar-refractivity contribution in [2.24, 2.45) is 0 Å². The predicted molar refractivity (Wildman–Crippen MR) is 101 cm³/mol. The second kappa shape index (κ2) is 6.89. The summed E-state index contributed by atoms with van der Waals surface area (Å²) in [4.78, 5) is 8.97. The molecule has 0 aliphatic carbocycles. The zero-order valence-corrected chi connectivity index (χ0v) is 14.6. The average Bonchev–Trinajstić information content (AvgIpc) is 2.49. The van der Waals surface area contributed by atoms with Gasteiger partial charge in [-0.2, -0.15) is 4.98 Å². The smallest absolute Gasteiger partial charge is 0.229 e. The third-order valence-corrected chi connectivity index (χ3v) is 3.81. The fourth-order valence-electron chi connectivity index (χ4n) is 2.48. The van der Waals surface area contributed by atoms with Crippen LogP contribution in [0.5, 0.6) is 0 Å². The quantitative estimate of drug-likeness (QED) is 0.655. The topological polar surface area (TPSA) is 49.8 Å². The Hall–Kier alpha value is -2.59. The molecule has 122 valence electrons. The van der Waals surface area contributed by atoms with Crippen LogP contribution in [0.3, 0.4) is 0 Å². The van der Waals surface area contributed by atoms with E-state index in [0.29, 0.717) is 11.0 Å². The van der Waals surface area contributed by atoms with Crippen LogP contribution in [0.4, 0.5) is 23.1 Å². The molecule has 0 aliphatic heterocycles. The van der Waals surface area contributed by atoms with Crippen LogP contribution < -0.4 is 10.6 Å². The Labute approximate surface area is 146 Å². The standard InChI is InChI=1S/C19H19ClN4/c1-12-7-8-17(13(2)9-12)23-18-10-14(3)21-19(24-18)22-16-6-4-5-15(20)11-16/h4-11H,1-3H3,(H2,21,22,23,24). The molecule has 5 heteroatoms. The number of anilines is 4. The molecule has 0 aliphatic rings. The van der Waals surface area contributed by atoms with Crippen molar-refractivity contribution in [2.45, 2.75) is 20.8 Å². The molecule has 3 aromatic rings. The number of hydrogen-bond donors (Lipinski definition) is 2. The highest BCUT2D eigenvalue weighted by molar-refractivity contribution is 6.30. The first kappa shape index (κ1) is 16.3. The minimum absolute atomic E-state index is 0.532. The lowest BCUT2D eigenvalue weighted by Gasteiger charge is -2.12. The Bertz CT molecular complexity index is 877. The van der Waals surface area contributed by atoms with Gasteiger partial charge in [0.2, 0.25) is 5.95 Å². The van der Waals surface area contributed by atoms with Crippen LogP contribution in [0.15, 0.2) is 48.5 Å². The van der Waals surface area contributed by atoms with Gasteiger partial charge in [0.25, 0.3) is 0 Å². The Morgan fingerprint density at radius 2 is 1.71 bits per heavy atom. The lowest BCUT2D eigenvalue weighted by Crippen LogP contribution is -2.03. The van der Waals surface area contributed by atoms with Gasteiger partial charge in [-0.1, -0.05) is 35.4 Å². The van der Waals surface area contributed by atoms with Gasteiger partial charge >= 0.3 is 0 Å². The van der Waals surface area contributed by atoms with Crippen LogP contribution in [-0.2, 0) is 0 Å². The van der Waals surface area contributed by atoms with Crippen LogP contribution in [0.25, 0.3) is 0 Å². The molecule has 0 radical (unpaired) electrons. The molecule has 0 saturated carbocycles. The van der Waals surface area contributed by atoms with Gasteiger partial charge in [-0.25, -0.2) is 4.98 Å². The molecule has 24 heavy (non-hydrogen) atoms. The molecule has 0 amide bonds. The Balaban J connectivity index is 1.86. The highest BCUT2D eigenvalue weighted by Crippen LogP contribution is 2.23. The summed E-state index contributed by atoms with van der Waals surface area (Å²) in [5.74, 6) is 1.28. The van der Waals surface area contributed by atoms with Crippen LogP contribution in [0.2, 0.25) is 5.02 Å². The van der Waals surface area contributed by atoms with Gasteiger partial charge in [0.1, 0.15) is 5.82 Å². The molecule has 2 N–H and O–H groups in total. The number of rotatable bonds is 4. The molecule has 0 spiro atoms. The average molecular weight is 339 g/mol. The van der Waals surface area contributed by atoms with E-state index in [2.05, 4.69) is 52.6 Å². The normalized spacial score (nSPS) is 10.5. The molecular formula is C19H19ClN4. The Morgan fingerprint density at radius 3 is 2.46 bits per heavy atom. The van der Waals surface area contributed by atoms with E-state index in [4.69, 9.17) is 11.6 Å². The van der Waals surface area contributed by atoms with E-state index in [1.54, 1.807) is 0 Å². The molecule has 3 rings (SSSR count). The monoisotopic (exact) mass is 338 g/mol. The molecule has 0 unspecified atom stereocenters. The number of hydrogen-bond acceptors (Lipinski definition) is 4. The van der Waals surface area contributed by atoms with Crippen LogP contribution in [0, 0.1) is 20.8 Å². The summed E-state index contributed by atoms with van der Waals surface area (Å²) in [7, 11) is 0. The van der Waals surface area contributed by atoms with E-state index in [-0.39, 0.29) is 0 Å². The minimum atomic E-state index is 0.532. The lowest BCUT2D eigenvalue weighted by molar-refractivity contribution is 1.11. The minimum Gasteiger partial charge on any atom is -0.340 e. The molecule has 0 atom stereocenters. The predicted octanol–water partition coefficient (Wildman–Crippen LogP) is 5.54. The molecule has 1 heterocycles. The van der Waals surface area contributed by atoms with Gasteiger partial charge in [0.15, 0.2) is 0 Å². The van der Waals surface area contributed by atoms with Gasteiger partial charge in [0.05, 0.1) is 0 Å². The maximum atomic E-state index is 6.02. The van der Waals surface area contributed by atoms with Gasteiger partial charge in [-0.3, -0.25) is 0 Å². The summed E-state index contributed by atoms with van der Waals surface area (Å²) in [5.41, 5.74) is 5.18. The van der Waals surface area contributed by atoms with Crippen molar-refractivity contribution in [1.29, 1.82) is 0 Å². The van der Waals surface area contributed by atoms with E-state index < -0.39 is 0 Å². The van der Waals surface area contributed by atoms with Crippen molar-refractivity contribution in [2.75, 3.05) is 10.6 Å². The van der Waals surface area contributed by atoms with Crippen molar-refractivity contribution < 1.29 is 0 Å². The highest BCUT2D eigenvalue weighted by atomic mass is 35.5. The number of nitrogens with zero attached hydrogens (tertiary/aromatic N) is 2. The van der Waals surface area contributed by atoms with E-state index in [1.165, 1.54) is 11.1 Å². The fraction of sp³-hybridized carbons (Fsp3) is 0.158. The van der Waals surface area contributed by atoms with Crippen molar-refractivity contribution in [1.82, 2.24) is 9.97 Å². The largest absolute Gasteiger partial charge is 0.340 e. The second-order valence-corrected chi connectivity index (χ2v) is 6.23. The van der Waals surface area contributed by atoms with Crippen molar-refractivity contribution >= 4 is 34.7 Å². The van der Waals surface area contributed by atoms with Crippen LogP contribution >= 0.6 is 11.6 Å². The number of benzene rings is 2. The zero-order valence-electron chi connectivity index (χ0n) is 13.9. The fourth-order valence-corrected chi connectivity index (χ4v) is 2.67. The zero-order chi connectivity index (χ0) is 17.1. The summed E-state index contributed by atoms with van der Waals surface area (Å²) < 4.78 is 0. The van der Waals surface area contributed by atoms with E-state index in [0.717, 1.165) is 22.9 Å². The first-order valence-electron chi connectivity index (χ1n) is 7.72. The Morgan fingerprint density at radius 1 is 0.875 bits per heavy atom. The number of halogens is 1. The van der Waals surface area contributed by atoms with Crippen molar-refractivity contribution in [3.63, 3.8) is 0 Å². The number of aromatic nitrogens is 2. The summed E-state index contributed by atoms with van der Waals surface area (Å²) in [5, 5.41) is 7.22. The molecule has 1 aromatic heterocycles. The summed E-state index contributed by atoms with van der Waals surface area (Å²) >= 11 is 6.02. The van der Waals surface area contributed by atoms with Gasteiger partial charge in [0, 0.05) is 28.2 Å². The maximum Gasteiger partial charge on any atom is 0.229 e. The molecular weight excluding hydrogens is 320 g/mol. The first-order chi connectivity index (χ1) is 11.5. The molecule has 0 saturated heterocycles. The van der Waals surface area contributed by atoms with E-state index in [9.17, 15) is 0 Å². The molecule has 2 aromatic carbocycles. The summed E-state index contributed by atoms with van der Waals surface area (Å²) in [6.07, 6.45) is 0. The van der Waals surface area contributed by atoms with Crippen LogP contribution in [0.1, 0.15) is 16.8 Å². The van der Waals surface area contributed by atoms with Crippen molar-refractivity contribution in [3.8, 4) is 0 Å². The SMILES string of the molecule is Cc1ccc(Nc2cc(C)nc(Nc3cccc(Cl)c3)n2)c(C)c1. The highest BCUT2D eigenvalue weighted by Gasteiger charge is 2.05. The second-order valence-electron chi connectivity index (χ2n) is 5.80. The Kier molecular flexibility index (Phi) is 4.67. The van der Waals surface area contributed by atoms with E-state index in [1.807, 2.05) is 37.3 Å². The van der Waals surface area contributed by atoms with Gasteiger partial charge < -0.3 is 10.6 Å². The lowest BCUT2D eigenvalue weighted by atomic mass is 10.1. The molecule has 0 bridgehead atoms. The number of nitrogens with one attached hydrogen (secondary N) is 2. The maximum absolute atomic E-state index is 6.02. The molecule has 0 fully saturated rings. The first-order valence-corrected chi connectivity index (χ1v) is 8.10. The van der Waals surface area contributed by atoms with Crippen molar-refractivity contribution in [3.05, 3.63) is 70.4 Å². The van der Waals surface area contributed by atoms with Gasteiger partial charge in [-0.15, -0.1) is 0 Å². The van der Waals surface area contributed by atoms with E-state index >= 15 is 0 Å². The summed E-state index contributed by atoms with van der Waals surface area (Å²) in [6, 6.07) is 15.7.